The molecule has 5 heteroatoms. The van der Waals surface area contributed by atoms with Crippen molar-refractivity contribution >= 4 is 0 Å². The third-order valence-corrected chi connectivity index (χ3v) is 4.57. The Morgan fingerprint density at radius 1 is 1.33 bits per heavy atom. The average Bonchev–Trinajstić information content (AvgIpc) is 3.04. The molecule has 1 unspecified atom stereocenters. The summed E-state index contributed by atoms with van der Waals surface area (Å²) in [4.78, 5) is 0. The second-order valence-electron chi connectivity index (χ2n) is 6.18. The number of aromatic nitrogens is 2. The minimum atomic E-state index is 0.395. The number of aryl methyl sites for hydroxylation is 1. The molecule has 3 rings (SSSR count). The normalized spacial score (nSPS) is 16.8. The lowest BCUT2D eigenvalue weighted by Crippen LogP contribution is -2.25. The van der Waals surface area contributed by atoms with Crippen molar-refractivity contribution in [2.75, 3.05) is 20.3 Å². The molecule has 130 valence electrons. The zero-order chi connectivity index (χ0) is 16.8. The number of rotatable bonds is 8. The zero-order valence-corrected chi connectivity index (χ0v) is 14.6. The van der Waals surface area contributed by atoms with Crippen LogP contribution in [0.5, 0.6) is 5.75 Å². The lowest BCUT2D eigenvalue weighted by Gasteiger charge is -2.24. The van der Waals surface area contributed by atoms with Crippen LogP contribution in [0.4, 0.5) is 0 Å². The van der Waals surface area contributed by atoms with Crippen LogP contribution in [0.15, 0.2) is 30.5 Å². The molecule has 0 spiro atoms. The Balaban J connectivity index is 1.60. The number of ether oxygens (including phenoxy) is 2. The predicted octanol–water partition coefficient (Wildman–Crippen LogP) is 3.10. The molecule has 0 saturated heterocycles. The van der Waals surface area contributed by atoms with Gasteiger partial charge in [-0.2, -0.15) is 5.10 Å². The van der Waals surface area contributed by atoms with Crippen LogP contribution in [-0.4, -0.2) is 30.1 Å². The Hall–Kier alpha value is -1.85. The number of benzene rings is 1. The summed E-state index contributed by atoms with van der Waals surface area (Å²) in [5, 5.41) is 8.21. The first-order valence-corrected chi connectivity index (χ1v) is 8.80. The van der Waals surface area contributed by atoms with Crippen molar-refractivity contribution in [1.29, 1.82) is 0 Å². The van der Waals surface area contributed by atoms with E-state index in [9.17, 15) is 0 Å². The van der Waals surface area contributed by atoms with Gasteiger partial charge in [0, 0.05) is 37.5 Å². The molecule has 1 aliphatic rings. The highest BCUT2D eigenvalue weighted by molar-refractivity contribution is 5.29. The van der Waals surface area contributed by atoms with Crippen molar-refractivity contribution in [3.8, 4) is 5.75 Å². The molecule has 1 aromatic carbocycles. The summed E-state index contributed by atoms with van der Waals surface area (Å²) >= 11 is 0. The fraction of sp³-hybridized carbons (Fsp3) is 0.526. The summed E-state index contributed by atoms with van der Waals surface area (Å²) in [6.07, 6.45) is 5.58. The van der Waals surface area contributed by atoms with E-state index in [1.54, 1.807) is 7.11 Å². The van der Waals surface area contributed by atoms with Crippen LogP contribution in [0.3, 0.4) is 0 Å². The molecule has 1 aromatic heterocycles. The van der Waals surface area contributed by atoms with E-state index in [4.69, 9.17) is 9.47 Å². The number of methoxy groups -OCH3 is 1. The fourth-order valence-electron chi connectivity index (χ4n) is 3.33. The van der Waals surface area contributed by atoms with Crippen molar-refractivity contribution in [3.05, 3.63) is 47.3 Å². The molecule has 2 aromatic rings. The Labute approximate surface area is 144 Å². The number of hydrogen-bond donors (Lipinski definition) is 1. The number of fused-ring (bicyclic) bond motifs is 1. The zero-order valence-electron chi connectivity index (χ0n) is 14.6. The highest BCUT2D eigenvalue weighted by Crippen LogP contribution is 2.30. The SMILES string of the molecule is CCn1ncc2c1CCCC2NCc1cccc(OCCOC)c1. The van der Waals surface area contributed by atoms with Gasteiger partial charge in [0.25, 0.3) is 0 Å². The van der Waals surface area contributed by atoms with Crippen molar-refractivity contribution < 1.29 is 9.47 Å². The standard InChI is InChI=1S/C19H27N3O2/c1-3-22-19-9-5-8-18(17(19)14-21-22)20-13-15-6-4-7-16(12-15)24-11-10-23-2/h4,6-7,12,14,18,20H,3,5,8-11,13H2,1-2H3. The maximum Gasteiger partial charge on any atom is 0.119 e. The number of hydrogen-bond acceptors (Lipinski definition) is 4. The molecule has 24 heavy (non-hydrogen) atoms. The first-order valence-electron chi connectivity index (χ1n) is 8.80. The smallest absolute Gasteiger partial charge is 0.119 e. The van der Waals surface area contributed by atoms with Gasteiger partial charge in [0.15, 0.2) is 0 Å². The van der Waals surface area contributed by atoms with Crippen LogP contribution in [0.1, 0.15) is 42.6 Å². The lowest BCUT2D eigenvalue weighted by molar-refractivity contribution is 0.146. The summed E-state index contributed by atoms with van der Waals surface area (Å²) in [6.45, 7) is 5.12. The lowest BCUT2D eigenvalue weighted by atomic mass is 9.93. The molecule has 0 aliphatic heterocycles. The van der Waals surface area contributed by atoms with Gasteiger partial charge in [-0.25, -0.2) is 0 Å². The molecule has 1 heterocycles. The van der Waals surface area contributed by atoms with E-state index >= 15 is 0 Å². The Kier molecular flexibility index (Phi) is 5.88. The molecule has 0 fully saturated rings. The quantitative estimate of drug-likeness (QED) is 0.756. The van der Waals surface area contributed by atoms with Gasteiger partial charge >= 0.3 is 0 Å². The third kappa shape index (κ3) is 3.97. The van der Waals surface area contributed by atoms with E-state index in [1.165, 1.54) is 29.7 Å². The molecule has 1 aliphatic carbocycles. The minimum Gasteiger partial charge on any atom is -0.491 e. The van der Waals surface area contributed by atoms with E-state index < -0.39 is 0 Å². The van der Waals surface area contributed by atoms with Crippen LogP contribution in [-0.2, 0) is 24.2 Å². The molecule has 5 nitrogen and oxygen atoms in total. The van der Waals surface area contributed by atoms with Crippen LogP contribution >= 0.6 is 0 Å². The van der Waals surface area contributed by atoms with Crippen LogP contribution < -0.4 is 10.1 Å². The van der Waals surface area contributed by atoms with E-state index in [-0.39, 0.29) is 0 Å². The molecule has 0 bridgehead atoms. The molecular formula is C19H27N3O2. The largest absolute Gasteiger partial charge is 0.491 e. The molecule has 0 saturated carbocycles. The first kappa shape index (κ1) is 17.0. The highest BCUT2D eigenvalue weighted by Gasteiger charge is 2.23. The molecule has 0 radical (unpaired) electrons. The van der Waals surface area contributed by atoms with Crippen molar-refractivity contribution in [2.24, 2.45) is 0 Å². The average molecular weight is 329 g/mol. The minimum absolute atomic E-state index is 0.395. The van der Waals surface area contributed by atoms with Gasteiger partial charge in [0.2, 0.25) is 0 Å². The van der Waals surface area contributed by atoms with Crippen LogP contribution in [0.2, 0.25) is 0 Å². The van der Waals surface area contributed by atoms with Gasteiger partial charge in [-0.05, 0) is 43.9 Å². The summed E-state index contributed by atoms with van der Waals surface area (Å²) in [5.41, 5.74) is 4.01. The van der Waals surface area contributed by atoms with E-state index in [0.29, 0.717) is 19.3 Å². The fourth-order valence-corrected chi connectivity index (χ4v) is 3.33. The van der Waals surface area contributed by atoms with Gasteiger partial charge < -0.3 is 14.8 Å². The van der Waals surface area contributed by atoms with Gasteiger partial charge in [-0.3, -0.25) is 4.68 Å². The summed E-state index contributed by atoms with van der Waals surface area (Å²) in [6, 6.07) is 8.66. The van der Waals surface area contributed by atoms with Gasteiger partial charge in [0.1, 0.15) is 12.4 Å². The third-order valence-electron chi connectivity index (χ3n) is 4.57. The van der Waals surface area contributed by atoms with Crippen molar-refractivity contribution in [2.45, 2.75) is 45.3 Å². The van der Waals surface area contributed by atoms with Crippen molar-refractivity contribution in [1.82, 2.24) is 15.1 Å². The van der Waals surface area contributed by atoms with Gasteiger partial charge in [0.05, 0.1) is 12.8 Å². The Bertz CT molecular complexity index is 654. The number of nitrogens with one attached hydrogen (secondary N) is 1. The van der Waals surface area contributed by atoms with E-state index in [0.717, 1.165) is 25.3 Å². The van der Waals surface area contributed by atoms with E-state index in [2.05, 4.69) is 34.2 Å². The molecular weight excluding hydrogens is 302 g/mol. The van der Waals surface area contributed by atoms with Crippen LogP contribution in [0, 0.1) is 0 Å². The van der Waals surface area contributed by atoms with Crippen LogP contribution in [0.25, 0.3) is 0 Å². The van der Waals surface area contributed by atoms with Gasteiger partial charge in [-0.1, -0.05) is 12.1 Å². The predicted molar refractivity (Wildman–Crippen MR) is 94.2 cm³/mol. The van der Waals surface area contributed by atoms with Crippen molar-refractivity contribution in [3.63, 3.8) is 0 Å². The Morgan fingerprint density at radius 2 is 2.25 bits per heavy atom. The highest BCUT2D eigenvalue weighted by atomic mass is 16.5. The second kappa shape index (κ2) is 8.31. The Morgan fingerprint density at radius 3 is 3.08 bits per heavy atom. The molecule has 1 atom stereocenters. The van der Waals surface area contributed by atoms with Gasteiger partial charge in [-0.15, -0.1) is 0 Å². The molecule has 0 amide bonds. The monoisotopic (exact) mass is 329 g/mol. The van der Waals surface area contributed by atoms with E-state index in [1.807, 2.05) is 18.3 Å². The summed E-state index contributed by atoms with van der Waals surface area (Å²) in [5.74, 6) is 0.898. The summed E-state index contributed by atoms with van der Waals surface area (Å²) in [7, 11) is 1.68. The first-order chi connectivity index (χ1) is 11.8. The second-order valence-corrected chi connectivity index (χ2v) is 6.18. The maximum absolute atomic E-state index is 5.69. The maximum atomic E-state index is 5.69. The summed E-state index contributed by atoms with van der Waals surface area (Å²) < 4.78 is 12.8. The number of nitrogens with zero attached hydrogens (tertiary/aromatic N) is 2. The molecule has 1 N–H and O–H groups in total. The topological polar surface area (TPSA) is 48.3 Å².